The van der Waals surface area contributed by atoms with E-state index in [1.54, 1.807) is 0 Å². The first-order valence-corrected chi connectivity index (χ1v) is 33.7. The summed E-state index contributed by atoms with van der Waals surface area (Å²) < 4.78 is 17.0. The molecule has 1 atom stereocenters. The molecule has 0 aromatic rings. The van der Waals surface area contributed by atoms with Crippen molar-refractivity contribution in [1.29, 1.82) is 0 Å². The van der Waals surface area contributed by atoms with Gasteiger partial charge in [0.05, 0.1) is 0 Å². The fourth-order valence-electron chi connectivity index (χ4n) is 10.4. The summed E-state index contributed by atoms with van der Waals surface area (Å²) in [4.78, 5) is 38.3. The number of carbonyl (C=O) groups excluding carboxylic acids is 3. The van der Waals surface area contributed by atoms with Gasteiger partial charge in [0.1, 0.15) is 13.2 Å². The molecular formula is C68H130O6. The van der Waals surface area contributed by atoms with Crippen molar-refractivity contribution < 1.29 is 28.6 Å². The third kappa shape index (κ3) is 61.0. The molecule has 0 fully saturated rings. The van der Waals surface area contributed by atoms with Gasteiger partial charge < -0.3 is 14.2 Å². The van der Waals surface area contributed by atoms with E-state index in [9.17, 15) is 14.4 Å². The first kappa shape index (κ1) is 72.2. The molecule has 0 rings (SSSR count). The Hall–Kier alpha value is -1.85. The lowest BCUT2D eigenvalue weighted by Crippen LogP contribution is -2.30. The monoisotopic (exact) mass is 1040 g/mol. The maximum Gasteiger partial charge on any atom is 0.306 e. The average Bonchev–Trinajstić information content (AvgIpc) is 3.40. The number of unbranched alkanes of at least 4 members (excludes halogenated alkanes) is 50. The fourth-order valence-corrected chi connectivity index (χ4v) is 10.4. The summed E-state index contributed by atoms with van der Waals surface area (Å²) in [5.74, 6) is -0.829. The fraction of sp³-hybridized carbons (Fsp3) is 0.926. The van der Waals surface area contributed by atoms with Crippen molar-refractivity contribution in [2.75, 3.05) is 13.2 Å². The molecule has 0 saturated heterocycles. The van der Waals surface area contributed by atoms with Gasteiger partial charge in [-0.3, -0.25) is 14.4 Å². The van der Waals surface area contributed by atoms with Gasteiger partial charge in [-0.2, -0.15) is 0 Å². The van der Waals surface area contributed by atoms with Gasteiger partial charge in [-0.15, -0.1) is 0 Å². The normalized spacial score (nSPS) is 12.0. The Morgan fingerprint density at radius 3 is 0.676 bits per heavy atom. The van der Waals surface area contributed by atoms with Crippen LogP contribution in [0.2, 0.25) is 0 Å². The van der Waals surface area contributed by atoms with Gasteiger partial charge in [0, 0.05) is 19.3 Å². The number of carbonyl (C=O) groups is 3. The van der Waals surface area contributed by atoms with E-state index in [4.69, 9.17) is 14.2 Å². The van der Waals surface area contributed by atoms with Crippen LogP contribution in [0.1, 0.15) is 387 Å². The largest absolute Gasteiger partial charge is 0.462 e. The molecule has 438 valence electrons. The van der Waals surface area contributed by atoms with E-state index in [2.05, 4.69) is 32.9 Å². The van der Waals surface area contributed by atoms with Crippen molar-refractivity contribution in [3.8, 4) is 0 Å². The van der Waals surface area contributed by atoms with Crippen LogP contribution in [0.5, 0.6) is 0 Å². The minimum absolute atomic E-state index is 0.0627. The molecular weight excluding hydrogens is 913 g/mol. The van der Waals surface area contributed by atoms with Crippen LogP contribution in [0.15, 0.2) is 12.2 Å². The topological polar surface area (TPSA) is 78.9 Å². The first-order chi connectivity index (χ1) is 36.5. The minimum atomic E-state index is -0.765. The Balaban J connectivity index is 4.22. The molecule has 0 radical (unpaired) electrons. The van der Waals surface area contributed by atoms with E-state index in [-0.39, 0.29) is 31.1 Å². The van der Waals surface area contributed by atoms with Gasteiger partial charge in [0.25, 0.3) is 0 Å². The molecule has 1 unspecified atom stereocenters. The molecule has 0 N–H and O–H groups in total. The maximum absolute atomic E-state index is 12.9. The van der Waals surface area contributed by atoms with Crippen LogP contribution in [0.25, 0.3) is 0 Å². The van der Waals surface area contributed by atoms with E-state index in [0.717, 1.165) is 57.8 Å². The second-order valence-corrected chi connectivity index (χ2v) is 23.1. The van der Waals surface area contributed by atoms with Crippen molar-refractivity contribution in [2.24, 2.45) is 0 Å². The highest BCUT2D eigenvalue weighted by molar-refractivity contribution is 5.71. The van der Waals surface area contributed by atoms with Crippen molar-refractivity contribution in [2.45, 2.75) is 393 Å². The molecule has 0 aliphatic carbocycles. The lowest BCUT2D eigenvalue weighted by Gasteiger charge is -2.18. The molecule has 0 saturated carbocycles. The zero-order valence-electron chi connectivity index (χ0n) is 50.4. The van der Waals surface area contributed by atoms with Gasteiger partial charge in [-0.25, -0.2) is 0 Å². The quantitative estimate of drug-likeness (QED) is 0.0261. The van der Waals surface area contributed by atoms with Crippen LogP contribution in [0.3, 0.4) is 0 Å². The highest BCUT2D eigenvalue weighted by Gasteiger charge is 2.19. The molecule has 0 aliphatic rings. The molecule has 6 heteroatoms. The molecule has 0 heterocycles. The average molecular weight is 1040 g/mol. The standard InChI is InChI=1S/C68H130O6/c1-4-7-10-13-16-19-22-25-28-30-31-32-33-34-35-36-37-39-40-43-46-49-52-55-58-61-67(70)73-64-65(63-72-66(69)60-57-54-51-48-45-42-27-24-21-18-15-12-9-6-3)74-68(71)62-59-56-53-50-47-44-41-38-29-26-23-20-17-14-11-8-5-2/h30-31,65H,4-29,32-64H2,1-3H3/b31-30-. The van der Waals surface area contributed by atoms with Gasteiger partial charge in [-0.05, 0) is 44.9 Å². The van der Waals surface area contributed by atoms with Gasteiger partial charge >= 0.3 is 17.9 Å². The summed E-state index contributed by atoms with van der Waals surface area (Å²) in [7, 11) is 0. The SMILES string of the molecule is CCCCCCCCCC/C=C\CCCCCCCCCCCCCCCC(=O)OCC(COC(=O)CCCCCCCCCCCCCCCC)OC(=O)CCCCCCCCCCCCCCCCCCC. The van der Waals surface area contributed by atoms with Crippen LogP contribution in [0.4, 0.5) is 0 Å². The van der Waals surface area contributed by atoms with E-state index in [0.29, 0.717) is 19.3 Å². The smallest absolute Gasteiger partial charge is 0.306 e. The maximum atomic E-state index is 12.9. The number of ether oxygens (including phenoxy) is 3. The van der Waals surface area contributed by atoms with Gasteiger partial charge in [-0.1, -0.05) is 335 Å². The molecule has 0 amide bonds. The van der Waals surface area contributed by atoms with Gasteiger partial charge in [0.2, 0.25) is 0 Å². The molecule has 6 nitrogen and oxygen atoms in total. The Kier molecular flexibility index (Phi) is 62.1. The van der Waals surface area contributed by atoms with Crippen LogP contribution in [-0.4, -0.2) is 37.2 Å². The lowest BCUT2D eigenvalue weighted by molar-refractivity contribution is -0.167. The van der Waals surface area contributed by atoms with E-state index in [1.165, 1.54) is 289 Å². The number of rotatable bonds is 63. The highest BCUT2D eigenvalue weighted by atomic mass is 16.6. The lowest BCUT2D eigenvalue weighted by atomic mass is 10.0. The summed E-state index contributed by atoms with van der Waals surface area (Å²) in [6.45, 7) is 6.72. The second-order valence-electron chi connectivity index (χ2n) is 23.1. The number of hydrogen-bond donors (Lipinski definition) is 0. The summed E-state index contributed by atoms with van der Waals surface area (Å²) in [6, 6.07) is 0. The summed E-state index contributed by atoms with van der Waals surface area (Å²) >= 11 is 0. The van der Waals surface area contributed by atoms with E-state index >= 15 is 0 Å². The van der Waals surface area contributed by atoms with Crippen LogP contribution >= 0.6 is 0 Å². The van der Waals surface area contributed by atoms with E-state index < -0.39 is 6.10 Å². The van der Waals surface area contributed by atoms with Crippen LogP contribution < -0.4 is 0 Å². The third-order valence-corrected chi connectivity index (χ3v) is 15.5. The highest BCUT2D eigenvalue weighted by Crippen LogP contribution is 2.18. The van der Waals surface area contributed by atoms with Crippen LogP contribution in [0, 0.1) is 0 Å². The predicted molar refractivity (Wildman–Crippen MR) is 321 cm³/mol. The molecule has 0 aliphatic heterocycles. The zero-order chi connectivity index (χ0) is 53.6. The Bertz CT molecular complexity index is 1150. The Labute approximate surface area is 462 Å². The summed E-state index contributed by atoms with van der Waals surface area (Å²) in [6.07, 6.45) is 75.1. The Morgan fingerprint density at radius 1 is 0.257 bits per heavy atom. The summed E-state index contributed by atoms with van der Waals surface area (Å²) in [5.41, 5.74) is 0. The number of esters is 3. The molecule has 0 aromatic heterocycles. The third-order valence-electron chi connectivity index (χ3n) is 15.5. The molecule has 0 aromatic carbocycles. The molecule has 0 bridgehead atoms. The van der Waals surface area contributed by atoms with Crippen LogP contribution in [-0.2, 0) is 28.6 Å². The van der Waals surface area contributed by atoms with Crippen molar-refractivity contribution in [3.05, 3.63) is 12.2 Å². The van der Waals surface area contributed by atoms with Crippen molar-refractivity contribution in [1.82, 2.24) is 0 Å². The van der Waals surface area contributed by atoms with Gasteiger partial charge in [0.15, 0.2) is 6.10 Å². The zero-order valence-corrected chi connectivity index (χ0v) is 50.4. The second kappa shape index (κ2) is 63.7. The molecule has 74 heavy (non-hydrogen) atoms. The summed E-state index contributed by atoms with van der Waals surface area (Å²) in [5, 5.41) is 0. The number of allylic oxidation sites excluding steroid dienone is 2. The van der Waals surface area contributed by atoms with Crippen molar-refractivity contribution >= 4 is 17.9 Å². The predicted octanol–water partition coefficient (Wildman–Crippen LogP) is 22.8. The molecule has 0 spiro atoms. The minimum Gasteiger partial charge on any atom is -0.462 e. The Morgan fingerprint density at radius 2 is 0.446 bits per heavy atom. The number of hydrogen-bond acceptors (Lipinski definition) is 6. The van der Waals surface area contributed by atoms with E-state index in [1.807, 2.05) is 0 Å². The van der Waals surface area contributed by atoms with Crippen molar-refractivity contribution in [3.63, 3.8) is 0 Å². The first-order valence-electron chi connectivity index (χ1n) is 33.7.